The summed E-state index contributed by atoms with van der Waals surface area (Å²) in [5.41, 5.74) is 5.11. The van der Waals surface area contributed by atoms with Crippen LogP contribution in [0, 0.1) is 12.3 Å². The second-order valence-corrected chi connectivity index (χ2v) is 11.7. The minimum absolute atomic E-state index is 0.120. The van der Waals surface area contributed by atoms with E-state index in [1.807, 2.05) is 30.3 Å². The molecule has 0 saturated heterocycles. The molecule has 6 heteroatoms. The third kappa shape index (κ3) is 11.5. The van der Waals surface area contributed by atoms with Gasteiger partial charge in [0.05, 0.1) is 5.70 Å². The molecule has 0 spiro atoms. The molecule has 2 aromatic rings. The highest BCUT2D eigenvalue weighted by atomic mass is 16.2. The summed E-state index contributed by atoms with van der Waals surface area (Å²) in [6.45, 7) is 14.7. The lowest BCUT2D eigenvalue weighted by molar-refractivity contribution is -0.124. The van der Waals surface area contributed by atoms with Crippen molar-refractivity contribution in [3.8, 4) is 0 Å². The number of hydrogen-bond acceptors (Lipinski definition) is 4. The van der Waals surface area contributed by atoms with Crippen molar-refractivity contribution in [2.45, 2.75) is 105 Å². The Balaban J connectivity index is 1.97. The summed E-state index contributed by atoms with van der Waals surface area (Å²) >= 11 is 0. The summed E-state index contributed by atoms with van der Waals surface area (Å²) < 4.78 is 0. The van der Waals surface area contributed by atoms with Gasteiger partial charge < -0.3 is 16.0 Å². The number of nitrogens with zero attached hydrogens (tertiary/aromatic N) is 1. The molecule has 1 amide bonds. The molecule has 0 fully saturated rings. The van der Waals surface area contributed by atoms with E-state index in [0.717, 1.165) is 23.2 Å². The highest BCUT2D eigenvalue weighted by Gasteiger charge is 2.26. The number of amidine groups is 1. The number of nitrogens with one attached hydrogen (secondary N) is 3. The normalized spacial score (nSPS) is 12.5. The maximum atomic E-state index is 12.9. The molecular formula is C36H54N4O2. The van der Waals surface area contributed by atoms with Gasteiger partial charge in [-0.1, -0.05) is 89.1 Å². The van der Waals surface area contributed by atoms with Crippen molar-refractivity contribution in [1.29, 1.82) is 0 Å². The number of aliphatic imine (C=N–C) groups is 1. The predicted octanol–water partition coefficient (Wildman–Crippen LogP) is 7.56. The van der Waals surface area contributed by atoms with E-state index >= 15 is 0 Å². The summed E-state index contributed by atoms with van der Waals surface area (Å²) in [7, 11) is 1.67. The number of aryl methyl sites for hydroxylation is 2. The molecule has 0 aliphatic rings. The van der Waals surface area contributed by atoms with Gasteiger partial charge in [0.25, 0.3) is 5.91 Å². The molecule has 0 aromatic heterocycles. The molecule has 2 rings (SSSR count). The maximum Gasteiger partial charge on any atom is 0.267 e. The Kier molecular flexibility index (Phi) is 15.1. The van der Waals surface area contributed by atoms with Crippen LogP contribution in [0.15, 0.2) is 65.8 Å². The van der Waals surface area contributed by atoms with Crippen molar-refractivity contribution in [1.82, 2.24) is 10.6 Å². The van der Waals surface area contributed by atoms with Crippen LogP contribution in [0.25, 0.3) is 0 Å². The van der Waals surface area contributed by atoms with Crippen molar-refractivity contribution >= 4 is 23.2 Å². The summed E-state index contributed by atoms with van der Waals surface area (Å²) in [4.78, 5) is 29.6. The average molecular weight is 575 g/mol. The first-order chi connectivity index (χ1) is 20.2. The van der Waals surface area contributed by atoms with Crippen molar-refractivity contribution in [3.05, 3.63) is 77.5 Å². The molecule has 230 valence electrons. The Labute approximate surface area is 254 Å². The maximum absolute atomic E-state index is 12.9. The quantitative estimate of drug-likeness (QED) is 0.0918. The number of anilines is 1. The highest BCUT2D eigenvalue weighted by Crippen LogP contribution is 2.40. The zero-order valence-electron chi connectivity index (χ0n) is 26.9. The third-order valence-electron chi connectivity index (χ3n) is 8.16. The Morgan fingerprint density at radius 3 is 2.14 bits per heavy atom. The Morgan fingerprint density at radius 1 is 0.929 bits per heavy atom. The lowest BCUT2D eigenvalue weighted by atomic mass is 9.72. The smallest absolute Gasteiger partial charge is 0.267 e. The van der Waals surface area contributed by atoms with Gasteiger partial charge in [0.1, 0.15) is 11.9 Å². The molecule has 2 aromatic carbocycles. The number of hydrogen-bond donors (Lipinski definition) is 3. The molecule has 0 saturated carbocycles. The van der Waals surface area contributed by atoms with Crippen LogP contribution in [0.1, 0.15) is 95.8 Å². The van der Waals surface area contributed by atoms with Crippen molar-refractivity contribution in [3.63, 3.8) is 0 Å². The largest absolute Gasteiger partial charge is 0.382 e. The first-order valence-corrected chi connectivity index (χ1v) is 15.8. The minimum atomic E-state index is -0.687. The summed E-state index contributed by atoms with van der Waals surface area (Å²) in [6, 6.07) is 15.8. The van der Waals surface area contributed by atoms with E-state index in [-0.39, 0.29) is 11.5 Å². The number of amides is 1. The zero-order chi connectivity index (χ0) is 31.0. The number of Topliss-reactive ketones (excluding diaryl/α,β-unsaturated/α-hetero) is 1. The SMILES string of the molecule is C=C(NC(Cc1ccccc1)=NC)C(=O)N[C@@H](CNc1cc(CCCC(CCC)(CCC)CCC)ccc1C)C(C)=O. The first kappa shape index (κ1) is 34.8. The van der Waals surface area contributed by atoms with Gasteiger partial charge in [-0.2, -0.15) is 0 Å². The molecule has 0 unspecified atom stereocenters. The van der Waals surface area contributed by atoms with Crippen molar-refractivity contribution in [2.75, 3.05) is 18.9 Å². The second-order valence-electron chi connectivity index (χ2n) is 11.7. The summed E-state index contributed by atoms with van der Waals surface area (Å²) in [5, 5.41) is 9.27. The van der Waals surface area contributed by atoms with Crippen LogP contribution in [-0.2, 0) is 22.4 Å². The van der Waals surface area contributed by atoms with Crippen molar-refractivity contribution < 1.29 is 9.59 Å². The van der Waals surface area contributed by atoms with Gasteiger partial charge >= 0.3 is 0 Å². The fourth-order valence-electron chi connectivity index (χ4n) is 5.98. The van der Waals surface area contributed by atoms with Crippen LogP contribution in [-0.4, -0.2) is 37.2 Å². The Morgan fingerprint density at radius 2 is 1.57 bits per heavy atom. The van der Waals surface area contributed by atoms with Gasteiger partial charge in [-0.25, -0.2) is 0 Å². The zero-order valence-corrected chi connectivity index (χ0v) is 26.9. The van der Waals surface area contributed by atoms with Gasteiger partial charge in [-0.15, -0.1) is 0 Å². The lowest BCUT2D eigenvalue weighted by Gasteiger charge is -2.34. The van der Waals surface area contributed by atoms with Crippen LogP contribution >= 0.6 is 0 Å². The van der Waals surface area contributed by atoms with E-state index < -0.39 is 11.9 Å². The molecule has 0 heterocycles. The second kappa shape index (κ2) is 18.2. The standard InChI is InChI=1S/C36H54N4O2/c1-8-20-36(21-9-2,22-10-3)23-14-17-31-19-18-27(4)32(24-31)38-26-33(29(6)41)40-35(42)28(5)39-34(37-7)25-30-15-12-11-13-16-30/h11-13,15-16,18-19,24,33,38H,5,8-10,14,17,20-23,25-26H2,1-4,6-7H3,(H,37,39)(H,40,42)/t33-/m0/s1. The average Bonchev–Trinajstić information content (AvgIpc) is 2.96. The molecule has 0 bridgehead atoms. The monoisotopic (exact) mass is 574 g/mol. The van der Waals surface area contributed by atoms with Gasteiger partial charge in [0.2, 0.25) is 0 Å². The molecule has 1 atom stereocenters. The summed E-state index contributed by atoms with van der Waals surface area (Å²) in [6.07, 6.45) is 11.7. The van der Waals surface area contributed by atoms with Crippen LogP contribution < -0.4 is 16.0 Å². The number of benzene rings is 2. The van der Waals surface area contributed by atoms with E-state index in [1.165, 1.54) is 63.9 Å². The van der Waals surface area contributed by atoms with Gasteiger partial charge in [0.15, 0.2) is 5.78 Å². The Hall–Kier alpha value is -3.41. The number of ketones is 1. The predicted molar refractivity (Wildman–Crippen MR) is 178 cm³/mol. The minimum Gasteiger partial charge on any atom is -0.382 e. The molecule has 6 nitrogen and oxygen atoms in total. The number of rotatable bonds is 19. The molecule has 0 aliphatic carbocycles. The third-order valence-corrected chi connectivity index (χ3v) is 8.16. The summed E-state index contributed by atoms with van der Waals surface area (Å²) in [5.74, 6) is 0.0826. The number of carbonyl (C=O) groups is 2. The van der Waals surface area contributed by atoms with Crippen LogP contribution in [0.5, 0.6) is 0 Å². The molecular weight excluding hydrogens is 520 g/mol. The highest BCUT2D eigenvalue weighted by molar-refractivity contribution is 6.00. The van der Waals surface area contributed by atoms with Gasteiger partial charge in [-0.05, 0) is 80.5 Å². The Bertz CT molecular complexity index is 1160. The van der Waals surface area contributed by atoms with E-state index in [0.29, 0.717) is 24.2 Å². The van der Waals surface area contributed by atoms with E-state index in [1.54, 1.807) is 7.05 Å². The van der Waals surface area contributed by atoms with Gasteiger partial charge in [-0.3, -0.25) is 14.6 Å². The fourth-order valence-corrected chi connectivity index (χ4v) is 5.98. The fraction of sp³-hybridized carbons (Fsp3) is 0.528. The van der Waals surface area contributed by atoms with Crippen LogP contribution in [0.3, 0.4) is 0 Å². The lowest BCUT2D eigenvalue weighted by Crippen LogP contribution is -2.47. The first-order valence-electron chi connectivity index (χ1n) is 15.8. The number of carbonyl (C=O) groups excluding carboxylic acids is 2. The van der Waals surface area contributed by atoms with E-state index in [9.17, 15) is 9.59 Å². The van der Waals surface area contributed by atoms with Gasteiger partial charge in [0, 0.05) is 25.7 Å². The molecule has 3 N–H and O–H groups in total. The van der Waals surface area contributed by atoms with Crippen LogP contribution in [0.4, 0.5) is 5.69 Å². The van der Waals surface area contributed by atoms with Crippen LogP contribution in [0.2, 0.25) is 0 Å². The van der Waals surface area contributed by atoms with E-state index in [4.69, 9.17) is 0 Å². The molecule has 42 heavy (non-hydrogen) atoms. The molecule has 0 aliphatic heterocycles. The van der Waals surface area contributed by atoms with E-state index in [2.05, 4.69) is 73.4 Å². The van der Waals surface area contributed by atoms with Crippen molar-refractivity contribution in [2.24, 2.45) is 10.4 Å². The molecule has 0 radical (unpaired) electrons. The topological polar surface area (TPSA) is 82.6 Å².